The molecule has 0 bridgehead atoms. The number of amides is 1. The van der Waals surface area contributed by atoms with E-state index in [2.05, 4.69) is 6.07 Å². The molecule has 1 N–H and O–H groups in total. The molecule has 1 aliphatic heterocycles. The molecule has 2 aromatic rings. The largest absolute Gasteiger partial charge is 0.497 e. The van der Waals surface area contributed by atoms with Crippen LogP contribution in [-0.4, -0.2) is 41.7 Å². The highest BCUT2D eigenvalue weighted by atomic mass is 16.5. The summed E-state index contributed by atoms with van der Waals surface area (Å²) in [5, 5.41) is 20.0. The van der Waals surface area contributed by atoms with Gasteiger partial charge in [-0.25, -0.2) is 0 Å². The van der Waals surface area contributed by atoms with Crippen molar-refractivity contribution in [2.24, 2.45) is 5.92 Å². The molecule has 2 aromatic carbocycles. The molecular formula is C24H26N2O3. The highest BCUT2D eigenvalue weighted by molar-refractivity contribution is 5.82. The number of nitriles is 1. The van der Waals surface area contributed by atoms with Gasteiger partial charge in [0, 0.05) is 11.8 Å². The summed E-state index contributed by atoms with van der Waals surface area (Å²) in [7, 11) is 1.64. The molecule has 1 amide bonds. The third kappa shape index (κ3) is 3.38. The Balaban J connectivity index is 1.67. The fourth-order valence-corrected chi connectivity index (χ4v) is 4.89. The number of methoxy groups -OCH3 is 1. The van der Waals surface area contributed by atoms with Crippen molar-refractivity contribution in [2.75, 3.05) is 13.7 Å². The van der Waals surface area contributed by atoms with E-state index in [1.54, 1.807) is 12.0 Å². The molecule has 0 spiro atoms. The number of hydrogen-bond acceptors (Lipinski definition) is 4. The number of aliphatic hydroxyl groups is 1. The molecule has 1 saturated carbocycles. The second kappa shape index (κ2) is 8.26. The molecule has 29 heavy (non-hydrogen) atoms. The fourth-order valence-electron chi connectivity index (χ4n) is 4.89. The van der Waals surface area contributed by atoms with Crippen LogP contribution in [-0.2, 0) is 4.79 Å². The van der Waals surface area contributed by atoms with Crippen molar-refractivity contribution in [3.8, 4) is 22.9 Å². The van der Waals surface area contributed by atoms with E-state index < -0.39 is 6.04 Å². The highest BCUT2D eigenvalue weighted by Crippen LogP contribution is 2.45. The number of rotatable bonds is 5. The third-order valence-corrected chi connectivity index (χ3v) is 6.41. The molecule has 0 aromatic heterocycles. The number of aliphatic hydroxyl groups excluding tert-OH is 1. The average Bonchev–Trinajstić information content (AvgIpc) is 3.29. The Hall–Kier alpha value is -2.84. The lowest BCUT2D eigenvalue weighted by Gasteiger charge is -2.52. The van der Waals surface area contributed by atoms with E-state index in [0.29, 0.717) is 0 Å². The van der Waals surface area contributed by atoms with Crippen LogP contribution in [0.25, 0.3) is 11.1 Å². The summed E-state index contributed by atoms with van der Waals surface area (Å²) in [6.07, 6.45) is 3.90. The second-order valence-electron chi connectivity index (χ2n) is 7.89. The van der Waals surface area contributed by atoms with E-state index in [1.165, 1.54) is 0 Å². The Labute approximate surface area is 171 Å². The Kier molecular flexibility index (Phi) is 5.55. The Morgan fingerprint density at radius 1 is 1.17 bits per heavy atom. The summed E-state index contributed by atoms with van der Waals surface area (Å²) < 4.78 is 5.25. The van der Waals surface area contributed by atoms with E-state index in [4.69, 9.17) is 4.74 Å². The SMILES string of the molecule is COc1ccc(-c2ccccc2[C@H]2[C@@H](C#N)N(C(=O)C3CCCC3)[C@H]2CO)cc1. The van der Waals surface area contributed by atoms with Crippen LogP contribution in [0.5, 0.6) is 5.75 Å². The minimum Gasteiger partial charge on any atom is -0.497 e. The molecule has 5 nitrogen and oxygen atoms in total. The van der Waals surface area contributed by atoms with Gasteiger partial charge in [0.2, 0.25) is 5.91 Å². The second-order valence-corrected chi connectivity index (χ2v) is 7.89. The summed E-state index contributed by atoms with van der Waals surface area (Å²) >= 11 is 0. The zero-order valence-electron chi connectivity index (χ0n) is 16.6. The molecule has 1 heterocycles. The topological polar surface area (TPSA) is 73.6 Å². The highest BCUT2D eigenvalue weighted by Gasteiger charge is 2.53. The van der Waals surface area contributed by atoms with Crippen LogP contribution >= 0.6 is 0 Å². The molecule has 2 fully saturated rings. The molecule has 0 radical (unpaired) electrons. The van der Waals surface area contributed by atoms with Gasteiger partial charge in [-0.15, -0.1) is 0 Å². The van der Waals surface area contributed by atoms with Crippen molar-refractivity contribution in [3.05, 3.63) is 54.1 Å². The Morgan fingerprint density at radius 3 is 2.48 bits per heavy atom. The number of carbonyl (C=O) groups excluding carboxylic acids is 1. The zero-order chi connectivity index (χ0) is 20.4. The number of hydrogen-bond donors (Lipinski definition) is 1. The van der Waals surface area contributed by atoms with E-state index in [-0.39, 0.29) is 30.4 Å². The lowest BCUT2D eigenvalue weighted by Crippen LogP contribution is -2.66. The van der Waals surface area contributed by atoms with Crippen molar-refractivity contribution in [2.45, 2.75) is 43.7 Å². The minimum atomic E-state index is -0.542. The molecule has 4 rings (SSSR count). The van der Waals surface area contributed by atoms with Crippen LogP contribution in [0, 0.1) is 17.2 Å². The molecule has 1 saturated heterocycles. The first kappa shape index (κ1) is 19.5. The number of likely N-dealkylation sites (tertiary alicyclic amines) is 1. The molecule has 1 aliphatic carbocycles. The first-order chi connectivity index (χ1) is 14.2. The molecule has 3 atom stereocenters. The van der Waals surface area contributed by atoms with Gasteiger partial charge in [-0.1, -0.05) is 49.2 Å². The predicted octanol–water partition coefficient (Wildman–Crippen LogP) is 3.73. The summed E-state index contributed by atoms with van der Waals surface area (Å²) in [6, 6.07) is 17.2. The maximum Gasteiger partial charge on any atom is 0.227 e. The molecule has 5 heteroatoms. The number of ether oxygens (including phenoxy) is 1. The van der Waals surface area contributed by atoms with Gasteiger partial charge in [0.15, 0.2) is 0 Å². The van der Waals surface area contributed by atoms with Crippen molar-refractivity contribution in [1.29, 1.82) is 5.26 Å². The number of benzene rings is 2. The van der Waals surface area contributed by atoms with E-state index in [0.717, 1.165) is 48.1 Å². The average molecular weight is 390 g/mol. The van der Waals surface area contributed by atoms with Gasteiger partial charge in [0.1, 0.15) is 11.8 Å². The van der Waals surface area contributed by atoms with Crippen molar-refractivity contribution < 1.29 is 14.6 Å². The van der Waals surface area contributed by atoms with E-state index >= 15 is 0 Å². The van der Waals surface area contributed by atoms with Crippen LogP contribution in [0.3, 0.4) is 0 Å². The summed E-state index contributed by atoms with van der Waals surface area (Å²) in [5.74, 6) is 0.615. The number of nitrogens with zero attached hydrogens (tertiary/aromatic N) is 2. The van der Waals surface area contributed by atoms with E-state index in [1.807, 2.05) is 48.5 Å². The molecule has 0 unspecified atom stereocenters. The fraction of sp³-hybridized carbons (Fsp3) is 0.417. The third-order valence-electron chi connectivity index (χ3n) is 6.41. The lowest BCUT2D eigenvalue weighted by molar-refractivity contribution is -0.151. The monoisotopic (exact) mass is 390 g/mol. The van der Waals surface area contributed by atoms with Crippen molar-refractivity contribution in [3.63, 3.8) is 0 Å². The maximum atomic E-state index is 13.0. The maximum absolute atomic E-state index is 13.0. The van der Waals surface area contributed by atoms with Crippen molar-refractivity contribution in [1.82, 2.24) is 4.90 Å². The van der Waals surface area contributed by atoms with Gasteiger partial charge in [-0.3, -0.25) is 4.79 Å². The summed E-state index contributed by atoms with van der Waals surface area (Å²) in [5.41, 5.74) is 3.04. The van der Waals surface area contributed by atoms with Gasteiger partial charge in [0.05, 0.1) is 25.8 Å². The molecule has 2 aliphatic rings. The van der Waals surface area contributed by atoms with Crippen LogP contribution in [0.2, 0.25) is 0 Å². The number of carbonyl (C=O) groups is 1. The van der Waals surface area contributed by atoms with Crippen LogP contribution < -0.4 is 4.74 Å². The van der Waals surface area contributed by atoms with Gasteiger partial charge < -0.3 is 14.7 Å². The normalized spacial score (nSPS) is 24.0. The first-order valence-corrected chi connectivity index (χ1v) is 10.3. The van der Waals surface area contributed by atoms with E-state index in [9.17, 15) is 15.2 Å². The summed E-state index contributed by atoms with van der Waals surface area (Å²) in [4.78, 5) is 14.7. The predicted molar refractivity (Wildman–Crippen MR) is 110 cm³/mol. The molecule has 150 valence electrons. The Bertz CT molecular complexity index is 912. The molecular weight excluding hydrogens is 364 g/mol. The van der Waals surface area contributed by atoms with Gasteiger partial charge in [-0.05, 0) is 41.7 Å². The first-order valence-electron chi connectivity index (χ1n) is 10.3. The smallest absolute Gasteiger partial charge is 0.227 e. The zero-order valence-corrected chi connectivity index (χ0v) is 16.6. The van der Waals surface area contributed by atoms with Crippen LogP contribution in [0.15, 0.2) is 48.5 Å². The van der Waals surface area contributed by atoms with Gasteiger partial charge in [-0.2, -0.15) is 5.26 Å². The van der Waals surface area contributed by atoms with Crippen molar-refractivity contribution >= 4 is 5.91 Å². The van der Waals surface area contributed by atoms with Crippen LogP contribution in [0.1, 0.15) is 37.2 Å². The summed E-state index contributed by atoms with van der Waals surface area (Å²) in [6.45, 7) is -0.141. The lowest BCUT2D eigenvalue weighted by atomic mass is 9.73. The standard InChI is InChI=1S/C24H26N2O3/c1-29-18-12-10-16(11-13-18)19-8-4-5-9-20(19)23-21(14-25)26(22(23)15-27)24(28)17-6-2-3-7-17/h4-5,8-13,17,21-23,27H,2-3,6-7,15H2,1H3/t21-,22+,23+/m1/s1. The van der Waals surface area contributed by atoms with Crippen LogP contribution in [0.4, 0.5) is 0 Å². The van der Waals surface area contributed by atoms with Gasteiger partial charge in [0.25, 0.3) is 0 Å². The Morgan fingerprint density at radius 2 is 1.86 bits per heavy atom. The van der Waals surface area contributed by atoms with Gasteiger partial charge >= 0.3 is 0 Å². The quantitative estimate of drug-likeness (QED) is 0.844. The minimum absolute atomic E-state index is 0.00215.